The quantitative estimate of drug-likeness (QED) is 0.482. The molecule has 0 aliphatic carbocycles. The van der Waals surface area contributed by atoms with Crippen LogP contribution in [0, 0.1) is 0 Å². The Labute approximate surface area is 118 Å². The molecule has 0 atom stereocenters. The third kappa shape index (κ3) is 4.76. The summed E-state index contributed by atoms with van der Waals surface area (Å²) in [5.41, 5.74) is 6.24. The van der Waals surface area contributed by atoms with Crippen LogP contribution in [0.5, 0.6) is 0 Å². The van der Waals surface area contributed by atoms with Gasteiger partial charge in [0.25, 0.3) is 5.56 Å². The third-order valence-electron chi connectivity index (χ3n) is 2.22. The van der Waals surface area contributed by atoms with Gasteiger partial charge in [0, 0.05) is 24.8 Å². The van der Waals surface area contributed by atoms with E-state index in [9.17, 15) is 4.79 Å². The number of nitrogens with two attached hydrogens (primary N) is 1. The summed E-state index contributed by atoms with van der Waals surface area (Å²) < 4.78 is 1.65. The van der Waals surface area contributed by atoms with E-state index in [1.165, 1.54) is 0 Å². The van der Waals surface area contributed by atoms with E-state index < -0.39 is 0 Å². The van der Waals surface area contributed by atoms with Crippen molar-refractivity contribution in [3.05, 3.63) is 34.2 Å². The van der Waals surface area contributed by atoms with Crippen LogP contribution in [0.1, 0.15) is 19.4 Å². The van der Waals surface area contributed by atoms with Crippen LogP contribution in [0.15, 0.2) is 28.1 Å². The van der Waals surface area contributed by atoms with Crippen molar-refractivity contribution in [3.63, 3.8) is 0 Å². The largest absolute Gasteiger partial charge is 0.370 e. The van der Waals surface area contributed by atoms with Gasteiger partial charge in [0.1, 0.15) is 0 Å². The van der Waals surface area contributed by atoms with E-state index in [-0.39, 0.29) is 29.5 Å². The number of pyridine rings is 1. The molecule has 0 bridgehead atoms. The molecular formula is C11H19IN4O. The zero-order valence-corrected chi connectivity index (χ0v) is 12.5. The number of hydrogen-bond donors (Lipinski definition) is 2. The Balaban J connectivity index is 0.00000256. The van der Waals surface area contributed by atoms with Gasteiger partial charge in [-0.15, -0.1) is 24.0 Å². The molecule has 1 aromatic heterocycles. The molecule has 0 aromatic carbocycles. The monoisotopic (exact) mass is 350 g/mol. The standard InChI is InChI=1S/C11H18N4O.HI/c1-3-13-11(12)14-8-9-6-5-7-15(4-2)10(9)16;/h5-7H,3-4,8H2,1-2H3,(H3,12,13,14);1H. The Kier molecular flexibility index (Phi) is 7.60. The van der Waals surface area contributed by atoms with Gasteiger partial charge >= 0.3 is 0 Å². The highest BCUT2D eigenvalue weighted by Crippen LogP contribution is 1.94. The van der Waals surface area contributed by atoms with Gasteiger partial charge in [0.15, 0.2) is 5.96 Å². The van der Waals surface area contributed by atoms with E-state index in [0.717, 1.165) is 6.54 Å². The molecule has 5 nitrogen and oxygen atoms in total. The minimum Gasteiger partial charge on any atom is -0.370 e. The lowest BCUT2D eigenvalue weighted by molar-refractivity contribution is 0.714. The van der Waals surface area contributed by atoms with Crippen molar-refractivity contribution >= 4 is 29.9 Å². The topological polar surface area (TPSA) is 72.4 Å². The van der Waals surface area contributed by atoms with Gasteiger partial charge < -0.3 is 15.6 Å². The summed E-state index contributed by atoms with van der Waals surface area (Å²) in [6, 6.07) is 3.62. The summed E-state index contributed by atoms with van der Waals surface area (Å²) in [7, 11) is 0. The first-order valence-corrected chi connectivity index (χ1v) is 5.41. The van der Waals surface area contributed by atoms with Crippen LogP contribution in [-0.2, 0) is 13.1 Å². The minimum atomic E-state index is -0.00181. The summed E-state index contributed by atoms with van der Waals surface area (Å²) in [6.07, 6.45) is 1.77. The zero-order valence-electron chi connectivity index (χ0n) is 10.1. The zero-order chi connectivity index (χ0) is 12.0. The van der Waals surface area contributed by atoms with Crippen LogP contribution < -0.4 is 16.6 Å². The lowest BCUT2D eigenvalue weighted by Gasteiger charge is -2.04. The molecule has 6 heteroatoms. The van der Waals surface area contributed by atoms with E-state index >= 15 is 0 Å². The number of rotatable bonds is 4. The SMILES string of the molecule is CCNC(N)=NCc1cccn(CC)c1=O.I. The molecular weight excluding hydrogens is 331 g/mol. The molecule has 17 heavy (non-hydrogen) atoms. The highest BCUT2D eigenvalue weighted by Gasteiger charge is 2.00. The molecule has 0 spiro atoms. The molecule has 0 radical (unpaired) electrons. The average Bonchev–Trinajstić information content (AvgIpc) is 2.28. The van der Waals surface area contributed by atoms with Gasteiger partial charge in [-0.3, -0.25) is 4.79 Å². The predicted octanol–water partition coefficient (Wildman–Crippen LogP) is 0.910. The molecule has 1 aromatic rings. The molecule has 0 unspecified atom stereocenters. The molecule has 1 heterocycles. The Morgan fingerprint density at radius 1 is 1.53 bits per heavy atom. The van der Waals surface area contributed by atoms with E-state index in [1.807, 2.05) is 19.9 Å². The lowest BCUT2D eigenvalue weighted by atomic mass is 10.3. The summed E-state index contributed by atoms with van der Waals surface area (Å²) in [4.78, 5) is 15.9. The normalized spacial score (nSPS) is 10.8. The van der Waals surface area contributed by atoms with Crippen molar-refractivity contribution in [2.75, 3.05) is 6.54 Å². The van der Waals surface area contributed by atoms with Gasteiger partial charge in [-0.1, -0.05) is 6.07 Å². The first kappa shape index (κ1) is 16.0. The smallest absolute Gasteiger partial charge is 0.255 e. The first-order chi connectivity index (χ1) is 7.69. The van der Waals surface area contributed by atoms with Gasteiger partial charge in [-0.2, -0.15) is 0 Å². The van der Waals surface area contributed by atoms with Crippen molar-refractivity contribution in [3.8, 4) is 0 Å². The van der Waals surface area contributed by atoms with Gasteiger partial charge in [-0.05, 0) is 19.9 Å². The van der Waals surface area contributed by atoms with Crippen LogP contribution in [0.2, 0.25) is 0 Å². The van der Waals surface area contributed by atoms with Crippen LogP contribution >= 0.6 is 24.0 Å². The molecule has 96 valence electrons. The summed E-state index contributed by atoms with van der Waals surface area (Å²) in [6.45, 7) is 5.58. The molecule has 0 saturated heterocycles. The Morgan fingerprint density at radius 3 is 2.82 bits per heavy atom. The second-order valence-electron chi connectivity index (χ2n) is 3.36. The first-order valence-electron chi connectivity index (χ1n) is 5.41. The number of nitrogens with one attached hydrogen (secondary N) is 1. The molecule has 0 saturated carbocycles. The van der Waals surface area contributed by atoms with Crippen molar-refractivity contribution in [1.82, 2.24) is 9.88 Å². The number of guanidine groups is 1. The number of nitrogens with zero attached hydrogens (tertiary/aromatic N) is 2. The minimum absolute atomic E-state index is 0. The fourth-order valence-corrected chi connectivity index (χ4v) is 1.36. The maximum absolute atomic E-state index is 11.8. The predicted molar refractivity (Wildman–Crippen MR) is 80.8 cm³/mol. The van der Waals surface area contributed by atoms with Crippen LogP contribution in [0.4, 0.5) is 0 Å². The number of halogens is 1. The third-order valence-corrected chi connectivity index (χ3v) is 2.22. The summed E-state index contributed by atoms with van der Waals surface area (Å²) in [5.74, 6) is 0.369. The second kappa shape index (κ2) is 8.10. The maximum atomic E-state index is 11.8. The van der Waals surface area contributed by atoms with Crippen molar-refractivity contribution in [2.45, 2.75) is 26.9 Å². The second-order valence-corrected chi connectivity index (χ2v) is 3.36. The maximum Gasteiger partial charge on any atom is 0.255 e. The number of aryl methyl sites for hydroxylation is 1. The van der Waals surface area contributed by atoms with Gasteiger partial charge in [0.2, 0.25) is 0 Å². The van der Waals surface area contributed by atoms with Crippen molar-refractivity contribution in [1.29, 1.82) is 0 Å². The van der Waals surface area contributed by atoms with Gasteiger partial charge in [-0.25, -0.2) is 4.99 Å². The molecule has 1 rings (SSSR count). The number of hydrogen-bond acceptors (Lipinski definition) is 2. The molecule has 3 N–H and O–H groups in total. The Hall–Kier alpha value is -1.05. The Bertz CT molecular complexity index is 428. The van der Waals surface area contributed by atoms with E-state index in [1.54, 1.807) is 16.8 Å². The number of aromatic nitrogens is 1. The van der Waals surface area contributed by atoms with Crippen molar-refractivity contribution < 1.29 is 0 Å². The fourth-order valence-electron chi connectivity index (χ4n) is 1.36. The molecule has 0 amide bonds. The number of aliphatic imine (C=N–C) groups is 1. The van der Waals surface area contributed by atoms with Crippen LogP contribution in [0.25, 0.3) is 0 Å². The van der Waals surface area contributed by atoms with E-state index in [0.29, 0.717) is 24.6 Å². The van der Waals surface area contributed by atoms with E-state index in [2.05, 4.69) is 10.3 Å². The molecule has 0 fully saturated rings. The van der Waals surface area contributed by atoms with Crippen LogP contribution in [-0.4, -0.2) is 17.1 Å². The highest BCUT2D eigenvalue weighted by atomic mass is 127. The van der Waals surface area contributed by atoms with Gasteiger partial charge in [0.05, 0.1) is 6.54 Å². The van der Waals surface area contributed by atoms with E-state index in [4.69, 9.17) is 5.73 Å². The van der Waals surface area contributed by atoms with Crippen molar-refractivity contribution in [2.24, 2.45) is 10.7 Å². The summed E-state index contributed by atoms with van der Waals surface area (Å²) >= 11 is 0. The fraction of sp³-hybridized carbons (Fsp3) is 0.455. The molecule has 0 aliphatic rings. The van der Waals surface area contributed by atoms with Crippen LogP contribution in [0.3, 0.4) is 0 Å². The Morgan fingerprint density at radius 2 is 2.24 bits per heavy atom. The highest BCUT2D eigenvalue weighted by molar-refractivity contribution is 14.0. The molecule has 0 aliphatic heterocycles. The summed E-state index contributed by atoms with van der Waals surface area (Å²) in [5, 5.41) is 2.88. The lowest BCUT2D eigenvalue weighted by Crippen LogP contribution is -2.31. The average molecular weight is 350 g/mol.